The van der Waals surface area contributed by atoms with Crippen molar-refractivity contribution in [2.75, 3.05) is 0 Å². The summed E-state index contributed by atoms with van der Waals surface area (Å²) in [5.41, 5.74) is 0.833. The van der Waals surface area contributed by atoms with Crippen molar-refractivity contribution in [2.45, 2.75) is 40.0 Å². The summed E-state index contributed by atoms with van der Waals surface area (Å²) in [5, 5.41) is 4.26. The standard InChI is InChI=1S/C15H19FN2OS/c1-10(2)17-7-12-5-4-6-14(16)15(12)19-9-13-8-18-11(3)20-13/h4-6,8,10,17H,7,9H2,1-3H3. The molecule has 0 radical (unpaired) electrons. The first-order valence-electron chi connectivity index (χ1n) is 6.61. The van der Waals surface area contributed by atoms with Gasteiger partial charge in [0.25, 0.3) is 0 Å². The lowest BCUT2D eigenvalue weighted by Crippen LogP contribution is -2.22. The van der Waals surface area contributed by atoms with E-state index >= 15 is 0 Å². The largest absolute Gasteiger partial charge is 0.485 e. The van der Waals surface area contributed by atoms with Gasteiger partial charge in [0.2, 0.25) is 0 Å². The quantitative estimate of drug-likeness (QED) is 0.882. The molecule has 0 aliphatic heterocycles. The zero-order valence-electron chi connectivity index (χ0n) is 11.9. The Morgan fingerprint density at radius 1 is 1.40 bits per heavy atom. The Bertz CT molecular complexity index is 569. The van der Waals surface area contributed by atoms with E-state index in [1.807, 2.05) is 13.0 Å². The topological polar surface area (TPSA) is 34.1 Å². The van der Waals surface area contributed by atoms with Crippen molar-refractivity contribution >= 4 is 11.3 Å². The number of nitrogens with zero attached hydrogens (tertiary/aromatic N) is 1. The minimum atomic E-state index is -0.325. The number of para-hydroxylation sites is 1. The lowest BCUT2D eigenvalue weighted by molar-refractivity contribution is 0.288. The first-order valence-corrected chi connectivity index (χ1v) is 7.43. The van der Waals surface area contributed by atoms with Gasteiger partial charge in [-0.3, -0.25) is 0 Å². The molecule has 0 aliphatic carbocycles. The first-order chi connectivity index (χ1) is 9.56. The van der Waals surface area contributed by atoms with Crippen molar-refractivity contribution in [1.29, 1.82) is 0 Å². The number of hydrogen-bond acceptors (Lipinski definition) is 4. The van der Waals surface area contributed by atoms with Crippen molar-refractivity contribution in [3.63, 3.8) is 0 Å². The van der Waals surface area contributed by atoms with Gasteiger partial charge in [0.15, 0.2) is 11.6 Å². The summed E-state index contributed by atoms with van der Waals surface area (Å²) in [5.74, 6) is 0.000923. The van der Waals surface area contributed by atoms with Gasteiger partial charge in [0, 0.05) is 24.3 Å². The molecule has 2 aromatic rings. The Morgan fingerprint density at radius 3 is 2.85 bits per heavy atom. The Balaban J connectivity index is 2.08. The average Bonchev–Trinajstić information content (AvgIpc) is 2.81. The molecule has 1 aromatic carbocycles. The van der Waals surface area contributed by atoms with Crippen molar-refractivity contribution in [3.8, 4) is 5.75 Å². The van der Waals surface area contributed by atoms with Crippen molar-refractivity contribution in [3.05, 3.63) is 45.7 Å². The molecule has 0 amide bonds. The maximum absolute atomic E-state index is 13.9. The molecule has 108 valence electrons. The van der Waals surface area contributed by atoms with Crippen LogP contribution in [0.3, 0.4) is 0 Å². The molecular formula is C15H19FN2OS. The molecule has 0 fully saturated rings. The summed E-state index contributed by atoms with van der Waals surface area (Å²) >= 11 is 1.56. The van der Waals surface area contributed by atoms with Gasteiger partial charge >= 0.3 is 0 Å². The van der Waals surface area contributed by atoms with E-state index < -0.39 is 0 Å². The Hall–Kier alpha value is -1.46. The summed E-state index contributed by atoms with van der Waals surface area (Å²) in [7, 11) is 0. The lowest BCUT2D eigenvalue weighted by Gasteiger charge is -2.14. The summed E-state index contributed by atoms with van der Waals surface area (Å²) in [6.45, 7) is 6.99. The number of hydrogen-bond donors (Lipinski definition) is 1. The summed E-state index contributed by atoms with van der Waals surface area (Å²) in [6.07, 6.45) is 1.77. The fourth-order valence-electron chi connectivity index (χ4n) is 1.78. The highest BCUT2D eigenvalue weighted by molar-refractivity contribution is 7.11. The van der Waals surface area contributed by atoms with Gasteiger partial charge in [-0.2, -0.15) is 0 Å². The normalized spacial score (nSPS) is 11.1. The van der Waals surface area contributed by atoms with E-state index in [9.17, 15) is 4.39 Å². The molecule has 1 aromatic heterocycles. The van der Waals surface area contributed by atoms with Gasteiger partial charge in [-0.15, -0.1) is 11.3 Å². The van der Waals surface area contributed by atoms with E-state index in [1.54, 1.807) is 23.6 Å². The third-order valence-corrected chi connectivity index (χ3v) is 3.66. The van der Waals surface area contributed by atoms with E-state index in [1.165, 1.54) is 6.07 Å². The number of thiazole rings is 1. The molecule has 0 bridgehead atoms. The number of ether oxygens (including phenoxy) is 1. The molecule has 0 unspecified atom stereocenters. The zero-order valence-corrected chi connectivity index (χ0v) is 12.8. The fraction of sp³-hybridized carbons (Fsp3) is 0.400. The molecule has 5 heteroatoms. The highest BCUT2D eigenvalue weighted by atomic mass is 32.1. The van der Waals surface area contributed by atoms with Crippen LogP contribution in [0.1, 0.15) is 29.3 Å². The van der Waals surface area contributed by atoms with Crippen LogP contribution in [-0.2, 0) is 13.2 Å². The lowest BCUT2D eigenvalue weighted by atomic mass is 10.2. The van der Waals surface area contributed by atoms with E-state index in [4.69, 9.17) is 4.74 Å². The van der Waals surface area contributed by atoms with Crippen LogP contribution in [0.15, 0.2) is 24.4 Å². The third kappa shape index (κ3) is 4.02. The smallest absolute Gasteiger partial charge is 0.165 e. The van der Waals surface area contributed by atoms with Crippen LogP contribution in [0.25, 0.3) is 0 Å². The maximum atomic E-state index is 13.9. The number of benzene rings is 1. The number of aryl methyl sites for hydroxylation is 1. The van der Waals surface area contributed by atoms with Crippen LogP contribution < -0.4 is 10.1 Å². The van der Waals surface area contributed by atoms with E-state index in [-0.39, 0.29) is 5.82 Å². The number of halogens is 1. The fourth-order valence-corrected chi connectivity index (χ4v) is 2.49. The predicted molar refractivity (Wildman–Crippen MR) is 79.6 cm³/mol. The molecule has 20 heavy (non-hydrogen) atoms. The number of rotatable bonds is 6. The second-order valence-corrected chi connectivity index (χ2v) is 6.22. The van der Waals surface area contributed by atoms with Crippen molar-refractivity contribution in [2.24, 2.45) is 0 Å². The molecule has 3 nitrogen and oxygen atoms in total. The minimum Gasteiger partial charge on any atom is -0.485 e. The van der Waals surface area contributed by atoms with E-state index in [2.05, 4.69) is 24.1 Å². The average molecular weight is 294 g/mol. The van der Waals surface area contributed by atoms with Crippen molar-refractivity contribution < 1.29 is 9.13 Å². The molecule has 1 N–H and O–H groups in total. The second kappa shape index (κ2) is 6.81. The van der Waals surface area contributed by atoms with Gasteiger partial charge in [-0.05, 0) is 13.0 Å². The predicted octanol–water partition coefficient (Wildman–Crippen LogP) is 3.67. The number of nitrogens with one attached hydrogen (secondary N) is 1. The molecule has 0 saturated heterocycles. The Morgan fingerprint density at radius 2 is 2.20 bits per heavy atom. The highest BCUT2D eigenvalue weighted by Crippen LogP contribution is 2.24. The summed E-state index contributed by atoms with van der Waals surface area (Å²) in [4.78, 5) is 5.16. The minimum absolute atomic E-state index is 0.325. The van der Waals surface area contributed by atoms with Crippen LogP contribution in [0.5, 0.6) is 5.75 Å². The zero-order chi connectivity index (χ0) is 14.5. The van der Waals surface area contributed by atoms with Gasteiger partial charge in [-0.25, -0.2) is 9.37 Å². The molecule has 2 rings (SSSR count). The Kier molecular flexibility index (Phi) is 5.09. The molecule has 0 aliphatic rings. The van der Waals surface area contributed by atoms with Crippen LogP contribution in [0, 0.1) is 12.7 Å². The molecule has 1 heterocycles. The highest BCUT2D eigenvalue weighted by Gasteiger charge is 2.11. The third-order valence-electron chi connectivity index (χ3n) is 2.78. The van der Waals surface area contributed by atoms with Gasteiger partial charge < -0.3 is 10.1 Å². The first kappa shape index (κ1) is 14.9. The van der Waals surface area contributed by atoms with E-state index in [0.717, 1.165) is 15.4 Å². The van der Waals surface area contributed by atoms with Gasteiger partial charge in [-0.1, -0.05) is 26.0 Å². The van der Waals surface area contributed by atoms with Crippen LogP contribution >= 0.6 is 11.3 Å². The molecule has 0 saturated carbocycles. The van der Waals surface area contributed by atoms with E-state index in [0.29, 0.717) is 24.9 Å². The summed E-state index contributed by atoms with van der Waals surface area (Å²) in [6, 6.07) is 5.35. The van der Waals surface area contributed by atoms with Crippen molar-refractivity contribution in [1.82, 2.24) is 10.3 Å². The molecular weight excluding hydrogens is 275 g/mol. The maximum Gasteiger partial charge on any atom is 0.165 e. The molecule has 0 atom stereocenters. The SMILES string of the molecule is Cc1ncc(COc2c(F)cccc2CNC(C)C)s1. The van der Waals surface area contributed by atoms with Gasteiger partial charge in [0.1, 0.15) is 6.61 Å². The van der Waals surface area contributed by atoms with Crippen LogP contribution in [-0.4, -0.2) is 11.0 Å². The van der Waals surface area contributed by atoms with Gasteiger partial charge in [0.05, 0.1) is 9.88 Å². The second-order valence-electron chi connectivity index (χ2n) is 4.90. The van der Waals surface area contributed by atoms with Crippen LogP contribution in [0.2, 0.25) is 0 Å². The Labute approximate surface area is 122 Å². The summed E-state index contributed by atoms with van der Waals surface area (Å²) < 4.78 is 19.6. The monoisotopic (exact) mass is 294 g/mol. The van der Waals surface area contributed by atoms with Crippen LogP contribution in [0.4, 0.5) is 4.39 Å². The molecule has 0 spiro atoms. The number of aromatic nitrogens is 1.